The van der Waals surface area contributed by atoms with Crippen molar-refractivity contribution in [2.24, 2.45) is 0 Å². The number of aryl methyl sites for hydroxylation is 1. The first-order valence-corrected chi connectivity index (χ1v) is 6.41. The molecule has 2 rings (SSSR count). The van der Waals surface area contributed by atoms with E-state index in [2.05, 4.69) is 34.5 Å². The van der Waals surface area contributed by atoms with Crippen molar-refractivity contribution in [3.63, 3.8) is 0 Å². The van der Waals surface area contributed by atoms with E-state index in [1.54, 1.807) is 0 Å². The molecule has 2 N–H and O–H groups in total. The van der Waals surface area contributed by atoms with E-state index in [-0.39, 0.29) is 6.10 Å². The van der Waals surface area contributed by atoms with E-state index in [0.29, 0.717) is 6.54 Å². The first kappa shape index (κ1) is 12.6. The van der Waals surface area contributed by atoms with E-state index in [9.17, 15) is 5.11 Å². The van der Waals surface area contributed by atoms with Gasteiger partial charge in [0.1, 0.15) is 0 Å². The van der Waals surface area contributed by atoms with E-state index in [4.69, 9.17) is 0 Å². The number of likely N-dealkylation sites (N-methyl/N-ethyl adjacent to an activating group) is 1. The zero-order valence-electron chi connectivity index (χ0n) is 10.5. The second-order valence-corrected chi connectivity index (χ2v) is 4.82. The van der Waals surface area contributed by atoms with Gasteiger partial charge in [-0.1, -0.05) is 24.3 Å². The quantitative estimate of drug-likeness (QED) is 0.816. The van der Waals surface area contributed by atoms with Gasteiger partial charge in [-0.15, -0.1) is 0 Å². The summed E-state index contributed by atoms with van der Waals surface area (Å²) in [4.78, 5) is 2.36. The summed E-state index contributed by atoms with van der Waals surface area (Å²) in [5.74, 6) is 0. The lowest BCUT2D eigenvalue weighted by Crippen LogP contribution is -2.37. The van der Waals surface area contributed by atoms with E-state index >= 15 is 0 Å². The van der Waals surface area contributed by atoms with Crippen LogP contribution in [-0.4, -0.2) is 42.8 Å². The van der Waals surface area contributed by atoms with Crippen LogP contribution in [0.3, 0.4) is 0 Å². The van der Waals surface area contributed by atoms with Gasteiger partial charge in [-0.25, -0.2) is 0 Å². The van der Waals surface area contributed by atoms with Gasteiger partial charge in [0.2, 0.25) is 0 Å². The fraction of sp³-hybridized carbons (Fsp3) is 0.571. The molecule has 17 heavy (non-hydrogen) atoms. The fourth-order valence-electron chi connectivity index (χ4n) is 2.52. The number of benzene rings is 1. The standard InChI is InChI=1S/C14H22N2O/c1-15-9-14(17)11-16-8-4-7-12-5-2-3-6-13(12)10-16/h2-3,5-6,14-15,17H,4,7-11H2,1H3/t14-/m1/s1. The van der Waals surface area contributed by atoms with Crippen LogP contribution in [-0.2, 0) is 13.0 Å². The number of hydrogen-bond donors (Lipinski definition) is 2. The molecule has 0 radical (unpaired) electrons. The maximum Gasteiger partial charge on any atom is 0.0791 e. The molecule has 1 aliphatic rings. The Kier molecular flexibility index (Phi) is 4.54. The summed E-state index contributed by atoms with van der Waals surface area (Å²) in [6.07, 6.45) is 2.07. The zero-order valence-corrected chi connectivity index (χ0v) is 10.5. The molecule has 0 aromatic heterocycles. The van der Waals surface area contributed by atoms with Crippen LogP contribution in [0, 0.1) is 0 Å². The predicted octanol–water partition coefficient (Wildman–Crippen LogP) is 1.02. The molecule has 0 bridgehead atoms. The van der Waals surface area contributed by atoms with Crippen molar-refractivity contribution >= 4 is 0 Å². The van der Waals surface area contributed by atoms with Crippen LogP contribution < -0.4 is 5.32 Å². The van der Waals surface area contributed by atoms with Crippen LogP contribution in [0.2, 0.25) is 0 Å². The number of nitrogens with zero attached hydrogens (tertiary/aromatic N) is 1. The maximum absolute atomic E-state index is 9.84. The van der Waals surface area contributed by atoms with Gasteiger partial charge in [-0.05, 0) is 37.6 Å². The number of aliphatic hydroxyl groups is 1. The average Bonchev–Trinajstić information content (AvgIpc) is 2.50. The van der Waals surface area contributed by atoms with Gasteiger partial charge in [0.05, 0.1) is 6.10 Å². The first-order valence-electron chi connectivity index (χ1n) is 6.41. The summed E-state index contributed by atoms with van der Waals surface area (Å²) in [5.41, 5.74) is 2.89. The number of nitrogens with one attached hydrogen (secondary N) is 1. The van der Waals surface area contributed by atoms with Gasteiger partial charge in [-0.3, -0.25) is 4.90 Å². The van der Waals surface area contributed by atoms with Crippen molar-refractivity contribution in [1.29, 1.82) is 0 Å². The highest BCUT2D eigenvalue weighted by Gasteiger charge is 2.16. The van der Waals surface area contributed by atoms with Crippen LogP contribution in [0.1, 0.15) is 17.5 Å². The van der Waals surface area contributed by atoms with Gasteiger partial charge in [0.15, 0.2) is 0 Å². The Hall–Kier alpha value is -0.900. The largest absolute Gasteiger partial charge is 0.390 e. The van der Waals surface area contributed by atoms with Crippen LogP contribution >= 0.6 is 0 Å². The van der Waals surface area contributed by atoms with Crippen molar-refractivity contribution in [3.05, 3.63) is 35.4 Å². The second kappa shape index (κ2) is 6.15. The molecule has 0 aliphatic carbocycles. The smallest absolute Gasteiger partial charge is 0.0791 e. The summed E-state index contributed by atoms with van der Waals surface area (Å²) in [6.45, 7) is 3.47. The molecule has 1 aromatic rings. The molecule has 3 nitrogen and oxygen atoms in total. The minimum Gasteiger partial charge on any atom is -0.390 e. The van der Waals surface area contributed by atoms with Crippen LogP contribution in [0.25, 0.3) is 0 Å². The molecular weight excluding hydrogens is 212 g/mol. The number of rotatable bonds is 4. The molecule has 0 unspecified atom stereocenters. The molecule has 94 valence electrons. The highest BCUT2D eigenvalue weighted by molar-refractivity contribution is 5.27. The third kappa shape index (κ3) is 3.53. The number of aliphatic hydroxyl groups excluding tert-OH is 1. The molecule has 1 heterocycles. The maximum atomic E-state index is 9.84. The Morgan fingerprint density at radius 3 is 2.88 bits per heavy atom. The molecule has 3 heteroatoms. The third-order valence-corrected chi connectivity index (χ3v) is 3.34. The van der Waals surface area contributed by atoms with Gasteiger partial charge >= 0.3 is 0 Å². The van der Waals surface area contributed by atoms with Crippen LogP contribution in [0.4, 0.5) is 0 Å². The minimum absolute atomic E-state index is 0.273. The third-order valence-electron chi connectivity index (χ3n) is 3.34. The summed E-state index contributed by atoms with van der Waals surface area (Å²) in [5, 5.41) is 12.9. The highest BCUT2D eigenvalue weighted by Crippen LogP contribution is 2.18. The Morgan fingerprint density at radius 2 is 2.12 bits per heavy atom. The monoisotopic (exact) mass is 234 g/mol. The summed E-state index contributed by atoms with van der Waals surface area (Å²) in [6, 6.07) is 8.65. The molecule has 0 saturated heterocycles. The fourth-order valence-corrected chi connectivity index (χ4v) is 2.52. The number of β-amino-alcohol motifs (C(OH)–C–C–N with tert-alkyl or cyclic N) is 1. The second-order valence-electron chi connectivity index (χ2n) is 4.82. The summed E-state index contributed by atoms with van der Waals surface area (Å²) >= 11 is 0. The van der Waals surface area contributed by atoms with Gasteiger partial charge in [-0.2, -0.15) is 0 Å². The average molecular weight is 234 g/mol. The van der Waals surface area contributed by atoms with Crippen molar-refractivity contribution < 1.29 is 5.11 Å². The summed E-state index contributed by atoms with van der Waals surface area (Å²) in [7, 11) is 1.88. The molecule has 0 fully saturated rings. The molecule has 1 aliphatic heterocycles. The summed E-state index contributed by atoms with van der Waals surface area (Å²) < 4.78 is 0. The lowest BCUT2D eigenvalue weighted by molar-refractivity contribution is 0.110. The Morgan fingerprint density at radius 1 is 1.35 bits per heavy atom. The molecular formula is C14H22N2O. The van der Waals surface area contributed by atoms with Crippen LogP contribution in [0.15, 0.2) is 24.3 Å². The van der Waals surface area contributed by atoms with Crippen molar-refractivity contribution in [1.82, 2.24) is 10.2 Å². The lowest BCUT2D eigenvalue weighted by Gasteiger charge is -2.23. The van der Waals surface area contributed by atoms with E-state index in [0.717, 1.165) is 26.1 Å². The van der Waals surface area contributed by atoms with E-state index < -0.39 is 0 Å². The topological polar surface area (TPSA) is 35.5 Å². The van der Waals surface area contributed by atoms with E-state index in [1.165, 1.54) is 17.5 Å². The minimum atomic E-state index is -0.273. The van der Waals surface area contributed by atoms with Gasteiger partial charge < -0.3 is 10.4 Å². The normalized spacial score (nSPS) is 18.5. The Balaban J connectivity index is 1.98. The molecule has 0 spiro atoms. The number of hydrogen-bond acceptors (Lipinski definition) is 3. The molecule has 1 atom stereocenters. The first-order chi connectivity index (χ1) is 8.29. The van der Waals surface area contributed by atoms with Gasteiger partial charge in [0.25, 0.3) is 0 Å². The van der Waals surface area contributed by atoms with E-state index in [1.807, 2.05) is 7.05 Å². The predicted molar refractivity (Wildman–Crippen MR) is 70.0 cm³/mol. The zero-order chi connectivity index (χ0) is 12.1. The van der Waals surface area contributed by atoms with Crippen molar-refractivity contribution in [2.45, 2.75) is 25.5 Å². The Bertz CT molecular complexity index is 354. The van der Waals surface area contributed by atoms with Crippen molar-refractivity contribution in [3.8, 4) is 0 Å². The molecule has 0 amide bonds. The SMILES string of the molecule is CNC[C@@H](O)CN1CCCc2ccccc2C1. The highest BCUT2D eigenvalue weighted by atomic mass is 16.3. The van der Waals surface area contributed by atoms with Crippen LogP contribution in [0.5, 0.6) is 0 Å². The lowest BCUT2D eigenvalue weighted by atomic mass is 10.0. The van der Waals surface area contributed by atoms with Gasteiger partial charge in [0, 0.05) is 19.6 Å². The molecule has 0 saturated carbocycles. The van der Waals surface area contributed by atoms with Crippen molar-refractivity contribution in [2.75, 3.05) is 26.7 Å². The Labute approximate surface area is 103 Å². The number of fused-ring (bicyclic) bond motifs is 1. The molecule has 1 aromatic carbocycles.